The molecule has 2 aliphatic rings. The van der Waals surface area contributed by atoms with Gasteiger partial charge >= 0.3 is 0 Å². The van der Waals surface area contributed by atoms with Crippen LogP contribution in [-0.4, -0.2) is 64.2 Å². The number of halogens is 4. The Morgan fingerprint density at radius 1 is 0.625 bits per heavy atom. The van der Waals surface area contributed by atoms with E-state index in [-0.39, 0.29) is 50.5 Å². The normalized spacial score (nSPS) is 18.0. The molecule has 0 bridgehead atoms. The van der Waals surface area contributed by atoms with Crippen LogP contribution in [0.1, 0.15) is 95.0 Å². The topological polar surface area (TPSA) is 57.7 Å². The number of hydrogen-bond acceptors (Lipinski definition) is 3. The maximum Gasteiger partial charge on any atom is 0.253 e. The molecule has 5 nitrogen and oxygen atoms in total. The van der Waals surface area contributed by atoms with Crippen molar-refractivity contribution in [3.05, 3.63) is 70.3 Å². The first-order valence-electron chi connectivity index (χ1n) is 14.2. The fraction of sp³-hybridized carbons (Fsp3) is 0.516. The molecular weight excluding hydrogens is 646 g/mol. The van der Waals surface area contributed by atoms with E-state index in [1.807, 2.05) is 0 Å². The van der Waals surface area contributed by atoms with Gasteiger partial charge in [0.15, 0.2) is 0 Å². The highest BCUT2D eigenvalue weighted by Gasteiger charge is 2.32. The Morgan fingerprint density at radius 2 is 0.975 bits per heavy atom. The van der Waals surface area contributed by atoms with Crippen molar-refractivity contribution in [1.29, 1.82) is 0 Å². The van der Waals surface area contributed by atoms with Crippen LogP contribution in [0.3, 0.4) is 0 Å². The molecular formula is C31H36Br2F2N2O3. The molecule has 0 spiro atoms. The van der Waals surface area contributed by atoms with Gasteiger partial charge in [-0.05, 0) is 61.1 Å². The van der Waals surface area contributed by atoms with Gasteiger partial charge in [-0.3, -0.25) is 14.4 Å². The highest BCUT2D eigenvalue weighted by atomic mass is 79.9. The van der Waals surface area contributed by atoms with Gasteiger partial charge in [-0.15, -0.1) is 0 Å². The zero-order valence-corrected chi connectivity index (χ0v) is 25.8. The molecule has 0 radical (unpaired) electrons. The number of hydrogen-bond donors (Lipinski definition) is 0. The molecule has 2 aromatic rings. The van der Waals surface area contributed by atoms with Crippen LogP contribution >= 0.6 is 31.9 Å². The second kappa shape index (κ2) is 14.7. The second-order valence-electron chi connectivity index (χ2n) is 10.7. The average molecular weight is 682 g/mol. The second-order valence-corrected chi connectivity index (χ2v) is 12.0. The molecule has 0 saturated carbocycles. The zero-order valence-electron chi connectivity index (χ0n) is 22.6. The number of amides is 2. The summed E-state index contributed by atoms with van der Waals surface area (Å²) in [5.74, 6) is -3.81. The van der Waals surface area contributed by atoms with Crippen LogP contribution in [0, 0.1) is 11.6 Å². The van der Waals surface area contributed by atoms with Crippen LogP contribution in [0.2, 0.25) is 0 Å². The van der Waals surface area contributed by atoms with Gasteiger partial charge in [-0.2, -0.15) is 0 Å². The van der Waals surface area contributed by atoms with Crippen LogP contribution in [0.25, 0.3) is 0 Å². The predicted octanol–water partition coefficient (Wildman–Crippen LogP) is 7.22. The van der Waals surface area contributed by atoms with Crippen molar-refractivity contribution in [3.63, 3.8) is 0 Å². The lowest BCUT2D eigenvalue weighted by Gasteiger charge is -2.23. The Balaban J connectivity index is 1.53. The van der Waals surface area contributed by atoms with E-state index in [2.05, 4.69) is 31.9 Å². The van der Waals surface area contributed by atoms with Crippen molar-refractivity contribution in [3.8, 4) is 0 Å². The Hall–Kier alpha value is -2.13. The Kier molecular flexibility index (Phi) is 11.3. The summed E-state index contributed by atoms with van der Waals surface area (Å²) in [6.07, 6.45) is 8.07. The smallest absolute Gasteiger partial charge is 0.253 e. The lowest BCUT2D eigenvalue weighted by atomic mass is 9.84. The van der Waals surface area contributed by atoms with Crippen LogP contribution in [0.5, 0.6) is 0 Å². The minimum Gasteiger partial charge on any atom is -0.339 e. The number of rotatable bonds is 8. The third kappa shape index (κ3) is 7.19. The minimum absolute atomic E-state index is 0.138. The van der Waals surface area contributed by atoms with Crippen molar-refractivity contribution in [1.82, 2.24) is 9.80 Å². The summed E-state index contributed by atoms with van der Waals surface area (Å²) in [5.41, 5.74) is 0.843. The molecule has 2 saturated heterocycles. The summed E-state index contributed by atoms with van der Waals surface area (Å²) >= 11 is 6.71. The van der Waals surface area contributed by atoms with Crippen molar-refractivity contribution >= 4 is 49.5 Å². The van der Waals surface area contributed by atoms with Crippen LogP contribution in [0.15, 0.2) is 36.4 Å². The number of carbonyl (C=O) groups excluding carboxylic acids is 3. The summed E-state index contributed by atoms with van der Waals surface area (Å²) in [4.78, 5) is 43.1. The van der Waals surface area contributed by atoms with Gasteiger partial charge in [0.1, 0.15) is 17.4 Å². The van der Waals surface area contributed by atoms with Gasteiger partial charge < -0.3 is 9.80 Å². The van der Waals surface area contributed by atoms with E-state index in [1.54, 1.807) is 21.9 Å². The molecule has 2 fully saturated rings. The summed E-state index contributed by atoms with van der Waals surface area (Å²) in [5, 5.41) is 0.275. The number of likely N-dealkylation sites (tertiary alicyclic amines) is 2. The van der Waals surface area contributed by atoms with Crippen LogP contribution < -0.4 is 0 Å². The van der Waals surface area contributed by atoms with Gasteiger partial charge in [-0.1, -0.05) is 69.7 Å². The number of ketones is 1. The standard InChI is InChI=1S/C31H36Br2F2N2O3/c32-19-25(23-11-9-21(17-27(23)34)30(39)36-13-5-1-2-6-14-36)29(38)26(20-33)24-12-10-22(18-28(24)35)31(40)37-15-7-3-4-8-16-37/h9-12,17-18,25-26H,1-8,13-16,19-20H2. The van der Waals surface area contributed by atoms with Crippen LogP contribution in [0.4, 0.5) is 8.78 Å². The molecule has 0 N–H and O–H groups in total. The molecule has 40 heavy (non-hydrogen) atoms. The third-order valence-electron chi connectivity index (χ3n) is 8.03. The van der Waals surface area contributed by atoms with Crippen molar-refractivity contribution in [2.45, 2.75) is 63.2 Å². The fourth-order valence-electron chi connectivity index (χ4n) is 5.67. The van der Waals surface area contributed by atoms with E-state index in [9.17, 15) is 14.4 Å². The summed E-state index contributed by atoms with van der Waals surface area (Å²) in [6, 6.07) is 8.55. The van der Waals surface area contributed by atoms with E-state index in [0.717, 1.165) is 51.4 Å². The summed E-state index contributed by atoms with van der Waals surface area (Å²) in [6.45, 7) is 2.63. The highest BCUT2D eigenvalue weighted by molar-refractivity contribution is 9.09. The first-order valence-corrected chi connectivity index (χ1v) is 16.4. The molecule has 2 heterocycles. The maximum absolute atomic E-state index is 15.4. The first-order chi connectivity index (χ1) is 19.3. The molecule has 2 amide bonds. The first kappa shape index (κ1) is 30.8. The molecule has 0 aliphatic carbocycles. The summed E-state index contributed by atoms with van der Waals surface area (Å²) < 4.78 is 30.8. The van der Waals surface area contributed by atoms with E-state index in [4.69, 9.17) is 0 Å². The Bertz CT molecular complexity index is 1120. The number of benzene rings is 2. The number of Topliss-reactive ketones (excluding diaryl/α,β-unsaturated/α-hetero) is 1. The summed E-state index contributed by atoms with van der Waals surface area (Å²) in [7, 11) is 0. The molecule has 9 heteroatoms. The third-order valence-corrected chi connectivity index (χ3v) is 9.32. The van der Waals surface area contributed by atoms with Gasteiger partial charge in [0.2, 0.25) is 0 Å². The van der Waals surface area contributed by atoms with Crippen molar-refractivity contribution in [2.75, 3.05) is 36.8 Å². The number of alkyl halides is 2. The molecule has 0 aromatic heterocycles. The maximum atomic E-state index is 15.4. The zero-order chi connectivity index (χ0) is 28.6. The number of carbonyl (C=O) groups is 3. The Labute approximate surface area is 251 Å². The molecule has 2 aliphatic heterocycles. The highest BCUT2D eigenvalue weighted by Crippen LogP contribution is 2.33. The molecule has 2 atom stereocenters. The lowest BCUT2D eigenvalue weighted by molar-refractivity contribution is -0.121. The van der Waals surface area contributed by atoms with E-state index < -0.39 is 23.5 Å². The molecule has 2 aromatic carbocycles. The van der Waals surface area contributed by atoms with Gasteiger partial charge in [0.05, 0.1) is 11.8 Å². The molecule has 216 valence electrons. The fourth-order valence-corrected chi connectivity index (χ4v) is 7.00. The number of nitrogens with zero attached hydrogens (tertiary/aromatic N) is 2. The average Bonchev–Trinajstić information content (AvgIpc) is 3.41. The minimum atomic E-state index is -0.886. The SMILES string of the molecule is O=C(C(CBr)c1ccc(C(=O)N2CCCCCC2)cc1F)C(CBr)c1ccc(C(=O)N2CCCCCC2)cc1F. The van der Waals surface area contributed by atoms with Gasteiger partial charge in [0.25, 0.3) is 11.8 Å². The lowest BCUT2D eigenvalue weighted by Crippen LogP contribution is -2.32. The largest absolute Gasteiger partial charge is 0.339 e. The van der Waals surface area contributed by atoms with Crippen LogP contribution in [-0.2, 0) is 4.79 Å². The molecule has 2 unspecified atom stereocenters. The quantitative estimate of drug-likeness (QED) is 0.277. The molecule has 4 rings (SSSR count). The monoisotopic (exact) mass is 680 g/mol. The predicted molar refractivity (Wildman–Crippen MR) is 160 cm³/mol. The Morgan fingerprint density at radius 3 is 1.27 bits per heavy atom. The van der Waals surface area contributed by atoms with Gasteiger partial charge in [-0.25, -0.2) is 8.78 Å². The van der Waals surface area contributed by atoms with E-state index in [0.29, 0.717) is 26.2 Å². The van der Waals surface area contributed by atoms with E-state index in [1.165, 1.54) is 24.3 Å². The van der Waals surface area contributed by atoms with Crippen molar-refractivity contribution in [2.24, 2.45) is 0 Å². The van der Waals surface area contributed by atoms with E-state index >= 15 is 8.78 Å². The van der Waals surface area contributed by atoms with Crippen molar-refractivity contribution < 1.29 is 23.2 Å². The van der Waals surface area contributed by atoms with Gasteiger partial charge in [0, 0.05) is 48.0 Å².